The summed E-state index contributed by atoms with van der Waals surface area (Å²) in [4.78, 5) is 22.1. The van der Waals surface area contributed by atoms with Gasteiger partial charge in [0.05, 0.1) is 12.7 Å². The maximum Gasteiger partial charge on any atom is 0.260 e. The van der Waals surface area contributed by atoms with Crippen LogP contribution in [0.4, 0.5) is 4.39 Å². The number of nitrogens with zero attached hydrogens (tertiary/aromatic N) is 3. The van der Waals surface area contributed by atoms with E-state index in [4.69, 9.17) is 9.47 Å². The van der Waals surface area contributed by atoms with Crippen LogP contribution in [0.5, 0.6) is 5.75 Å². The van der Waals surface area contributed by atoms with Gasteiger partial charge in [-0.05, 0) is 31.0 Å². The van der Waals surface area contributed by atoms with Gasteiger partial charge in [-0.3, -0.25) is 4.79 Å². The molecule has 1 amide bonds. The summed E-state index contributed by atoms with van der Waals surface area (Å²) in [6.45, 7) is 1.45. The highest BCUT2D eigenvalue weighted by Gasteiger charge is 2.24. The van der Waals surface area contributed by atoms with Gasteiger partial charge in [0.1, 0.15) is 17.9 Å². The molecular formula is C18H20FN3O3. The van der Waals surface area contributed by atoms with Crippen molar-refractivity contribution in [2.24, 2.45) is 0 Å². The van der Waals surface area contributed by atoms with Gasteiger partial charge in [-0.25, -0.2) is 14.4 Å². The monoisotopic (exact) mass is 345 g/mol. The molecule has 0 spiro atoms. The Morgan fingerprint density at radius 2 is 2.32 bits per heavy atom. The second kappa shape index (κ2) is 8.53. The van der Waals surface area contributed by atoms with E-state index in [-0.39, 0.29) is 24.4 Å². The van der Waals surface area contributed by atoms with Crippen LogP contribution < -0.4 is 4.74 Å². The molecular weight excluding hydrogens is 325 g/mol. The zero-order valence-electron chi connectivity index (χ0n) is 13.8. The van der Waals surface area contributed by atoms with Crippen LogP contribution in [-0.2, 0) is 16.0 Å². The Bertz CT molecular complexity index is 699. The number of hydrogen-bond acceptors (Lipinski definition) is 5. The Kier molecular flexibility index (Phi) is 5.90. The average molecular weight is 345 g/mol. The van der Waals surface area contributed by atoms with E-state index >= 15 is 0 Å². The number of carbonyl (C=O) groups excluding carboxylic acids is 1. The van der Waals surface area contributed by atoms with Crippen LogP contribution >= 0.6 is 0 Å². The summed E-state index contributed by atoms with van der Waals surface area (Å²) >= 11 is 0. The minimum atomic E-state index is -0.388. The van der Waals surface area contributed by atoms with Crippen LogP contribution in [0.15, 0.2) is 42.9 Å². The van der Waals surface area contributed by atoms with E-state index in [2.05, 4.69) is 9.97 Å². The fourth-order valence-corrected chi connectivity index (χ4v) is 2.69. The van der Waals surface area contributed by atoms with Crippen molar-refractivity contribution in [3.8, 4) is 5.75 Å². The van der Waals surface area contributed by atoms with Gasteiger partial charge in [-0.15, -0.1) is 0 Å². The zero-order chi connectivity index (χ0) is 17.5. The topological polar surface area (TPSA) is 64.5 Å². The first-order valence-electron chi connectivity index (χ1n) is 8.23. The van der Waals surface area contributed by atoms with E-state index in [1.54, 1.807) is 23.2 Å². The van der Waals surface area contributed by atoms with Crippen molar-refractivity contribution >= 4 is 5.91 Å². The van der Waals surface area contributed by atoms with Crippen LogP contribution in [0.2, 0.25) is 0 Å². The number of amides is 1. The van der Waals surface area contributed by atoms with E-state index in [9.17, 15) is 9.18 Å². The molecule has 3 rings (SSSR count). The number of ether oxygens (including phenoxy) is 2. The second-order valence-corrected chi connectivity index (χ2v) is 5.82. The normalized spacial score (nSPS) is 17.3. The van der Waals surface area contributed by atoms with E-state index in [0.29, 0.717) is 25.4 Å². The molecule has 1 saturated heterocycles. The van der Waals surface area contributed by atoms with E-state index in [1.807, 2.05) is 6.07 Å². The molecule has 2 aromatic rings. The molecule has 1 aliphatic rings. The van der Waals surface area contributed by atoms with Crippen LogP contribution in [0.25, 0.3) is 0 Å². The lowest BCUT2D eigenvalue weighted by atomic mass is 10.1. The molecule has 0 radical (unpaired) electrons. The minimum Gasteiger partial charge on any atom is -0.484 e. The van der Waals surface area contributed by atoms with Crippen molar-refractivity contribution in [3.05, 3.63) is 54.4 Å². The molecule has 2 heterocycles. The number of aryl methyl sites for hydroxylation is 1. The van der Waals surface area contributed by atoms with Gasteiger partial charge in [0.2, 0.25) is 0 Å². The van der Waals surface area contributed by atoms with Crippen molar-refractivity contribution in [1.82, 2.24) is 14.9 Å². The molecule has 7 heteroatoms. The number of rotatable bonds is 6. The summed E-state index contributed by atoms with van der Waals surface area (Å²) in [7, 11) is 0. The largest absolute Gasteiger partial charge is 0.484 e. The van der Waals surface area contributed by atoms with E-state index in [1.165, 1.54) is 18.5 Å². The number of carbonyl (C=O) groups is 1. The molecule has 0 aliphatic carbocycles. The van der Waals surface area contributed by atoms with Gasteiger partial charge < -0.3 is 14.4 Å². The number of morpholine rings is 1. The lowest BCUT2D eigenvalue weighted by Crippen LogP contribution is -2.47. The van der Waals surface area contributed by atoms with Gasteiger partial charge in [0.15, 0.2) is 6.61 Å². The van der Waals surface area contributed by atoms with Crippen LogP contribution in [-0.4, -0.2) is 53.2 Å². The maximum absolute atomic E-state index is 13.1. The Morgan fingerprint density at radius 3 is 3.12 bits per heavy atom. The molecule has 0 saturated carbocycles. The van der Waals surface area contributed by atoms with E-state index in [0.717, 1.165) is 18.5 Å². The molecule has 132 valence electrons. The molecule has 1 aliphatic heterocycles. The first-order valence-corrected chi connectivity index (χ1v) is 8.23. The fraction of sp³-hybridized carbons (Fsp3) is 0.389. The Hall–Kier alpha value is -2.54. The highest BCUT2D eigenvalue weighted by Crippen LogP contribution is 2.14. The third-order valence-corrected chi connectivity index (χ3v) is 4.02. The number of aromatic nitrogens is 2. The van der Waals surface area contributed by atoms with Gasteiger partial charge in [-0.1, -0.05) is 6.07 Å². The van der Waals surface area contributed by atoms with Crippen molar-refractivity contribution in [2.75, 3.05) is 26.3 Å². The summed E-state index contributed by atoms with van der Waals surface area (Å²) in [5.41, 5.74) is 0.955. The summed E-state index contributed by atoms with van der Waals surface area (Å²) < 4.78 is 24.2. The molecule has 1 fully saturated rings. The quantitative estimate of drug-likeness (QED) is 0.799. The summed E-state index contributed by atoms with van der Waals surface area (Å²) in [6, 6.07) is 7.64. The number of hydrogen-bond donors (Lipinski definition) is 0. The smallest absolute Gasteiger partial charge is 0.260 e. The van der Waals surface area contributed by atoms with Crippen LogP contribution in [0.1, 0.15) is 12.1 Å². The predicted molar refractivity (Wildman–Crippen MR) is 88.6 cm³/mol. The number of halogens is 1. The van der Waals surface area contributed by atoms with Crippen molar-refractivity contribution in [2.45, 2.75) is 18.9 Å². The molecule has 1 aromatic heterocycles. The number of benzene rings is 1. The first kappa shape index (κ1) is 17.3. The molecule has 0 bridgehead atoms. The average Bonchev–Trinajstić information content (AvgIpc) is 2.65. The molecule has 6 nitrogen and oxygen atoms in total. The third kappa shape index (κ3) is 5.22. The molecule has 1 aromatic carbocycles. The summed E-state index contributed by atoms with van der Waals surface area (Å²) in [6.07, 6.45) is 4.77. The van der Waals surface area contributed by atoms with Crippen LogP contribution in [0, 0.1) is 5.82 Å². The summed E-state index contributed by atoms with van der Waals surface area (Å²) in [5, 5.41) is 0. The molecule has 25 heavy (non-hydrogen) atoms. The fourth-order valence-electron chi connectivity index (χ4n) is 2.69. The summed E-state index contributed by atoms with van der Waals surface area (Å²) in [5.74, 6) is -0.164. The van der Waals surface area contributed by atoms with Crippen molar-refractivity contribution in [1.29, 1.82) is 0 Å². The minimum absolute atomic E-state index is 0.0261. The maximum atomic E-state index is 13.1. The van der Waals surface area contributed by atoms with E-state index < -0.39 is 0 Å². The van der Waals surface area contributed by atoms with Gasteiger partial charge >= 0.3 is 0 Å². The highest BCUT2D eigenvalue weighted by molar-refractivity contribution is 5.77. The zero-order valence-corrected chi connectivity index (χ0v) is 13.8. The molecule has 0 N–H and O–H groups in total. The van der Waals surface area contributed by atoms with Crippen molar-refractivity contribution in [3.63, 3.8) is 0 Å². The third-order valence-electron chi connectivity index (χ3n) is 4.02. The van der Waals surface area contributed by atoms with Crippen molar-refractivity contribution < 1.29 is 18.7 Å². The Labute approximate surface area is 145 Å². The molecule has 0 unspecified atom stereocenters. The van der Waals surface area contributed by atoms with Gasteiger partial charge in [0.25, 0.3) is 5.91 Å². The van der Waals surface area contributed by atoms with Gasteiger partial charge in [0, 0.05) is 31.0 Å². The van der Waals surface area contributed by atoms with Crippen LogP contribution in [0.3, 0.4) is 0 Å². The predicted octanol–water partition coefficient (Wildman–Crippen LogP) is 1.85. The second-order valence-electron chi connectivity index (χ2n) is 5.82. The van der Waals surface area contributed by atoms with Gasteiger partial charge in [-0.2, -0.15) is 0 Å². The Morgan fingerprint density at radius 1 is 1.40 bits per heavy atom. The first-order chi connectivity index (χ1) is 12.2. The standard InChI is InChI=1S/C18H20FN3O3/c19-14-2-1-3-16(10-14)25-12-18(23)22-8-9-24-17(11-22)5-4-15-6-7-20-13-21-15/h1-3,6-7,10,13,17H,4-5,8-9,11-12H2/t17-/m1/s1. The Balaban J connectivity index is 1.46. The highest BCUT2D eigenvalue weighted by atomic mass is 19.1. The SMILES string of the molecule is O=C(COc1cccc(F)c1)N1CCO[C@H](CCc2ccncn2)C1. The molecule has 1 atom stereocenters. The lowest BCUT2D eigenvalue weighted by Gasteiger charge is -2.33. The lowest BCUT2D eigenvalue weighted by molar-refractivity contribution is -0.141.